The number of amides is 1. The quantitative estimate of drug-likeness (QED) is 0.768. The topological polar surface area (TPSA) is 79.5 Å². The van der Waals surface area contributed by atoms with Crippen molar-refractivity contribution in [1.29, 1.82) is 0 Å². The molecule has 3 aromatic rings. The lowest BCUT2D eigenvalue weighted by atomic mass is 9.99. The van der Waals surface area contributed by atoms with E-state index in [1.807, 2.05) is 44.2 Å². The van der Waals surface area contributed by atoms with Gasteiger partial charge < -0.3 is 14.5 Å². The molecule has 140 valence electrons. The molecule has 1 saturated heterocycles. The molecule has 27 heavy (non-hydrogen) atoms. The molecule has 0 spiro atoms. The van der Waals surface area contributed by atoms with E-state index in [-0.39, 0.29) is 18.2 Å². The van der Waals surface area contributed by atoms with Gasteiger partial charge in [-0.3, -0.25) is 9.78 Å². The SMILES string of the molecule is Cc1noc(C)c1CC(=O)N1C[C@@H](Cc2ccc3ccccc3n2)[C@H](O)C1. The van der Waals surface area contributed by atoms with Crippen LogP contribution < -0.4 is 0 Å². The van der Waals surface area contributed by atoms with Gasteiger partial charge in [-0.25, -0.2) is 0 Å². The smallest absolute Gasteiger partial charge is 0.227 e. The molecule has 2 atom stereocenters. The van der Waals surface area contributed by atoms with Crippen LogP contribution in [0.5, 0.6) is 0 Å². The zero-order chi connectivity index (χ0) is 19.0. The molecule has 1 fully saturated rings. The third kappa shape index (κ3) is 3.57. The number of aromatic nitrogens is 2. The third-order valence-electron chi connectivity index (χ3n) is 5.40. The molecule has 0 radical (unpaired) electrons. The lowest BCUT2D eigenvalue weighted by molar-refractivity contribution is -0.129. The van der Waals surface area contributed by atoms with Crippen LogP contribution >= 0.6 is 0 Å². The second-order valence-corrected chi connectivity index (χ2v) is 7.31. The van der Waals surface area contributed by atoms with E-state index >= 15 is 0 Å². The van der Waals surface area contributed by atoms with Crippen molar-refractivity contribution in [3.8, 4) is 0 Å². The molecule has 3 heterocycles. The predicted molar refractivity (Wildman–Crippen MR) is 101 cm³/mol. The fourth-order valence-corrected chi connectivity index (χ4v) is 3.77. The van der Waals surface area contributed by atoms with Crippen molar-refractivity contribution in [2.75, 3.05) is 13.1 Å². The molecule has 1 aliphatic heterocycles. The number of pyridine rings is 1. The largest absolute Gasteiger partial charge is 0.391 e. The van der Waals surface area contributed by atoms with Crippen molar-refractivity contribution in [3.63, 3.8) is 0 Å². The number of hydrogen-bond donors (Lipinski definition) is 1. The highest BCUT2D eigenvalue weighted by atomic mass is 16.5. The first kappa shape index (κ1) is 17.7. The highest BCUT2D eigenvalue weighted by molar-refractivity contribution is 5.80. The summed E-state index contributed by atoms with van der Waals surface area (Å²) >= 11 is 0. The van der Waals surface area contributed by atoms with Crippen molar-refractivity contribution in [3.05, 3.63) is 59.1 Å². The summed E-state index contributed by atoms with van der Waals surface area (Å²) in [4.78, 5) is 19.1. The maximum atomic E-state index is 12.7. The fraction of sp³-hybridized carbons (Fsp3) is 0.381. The molecule has 1 aliphatic rings. The van der Waals surface area contributed by atoms with E-state index in [9.17, 15) is 9.90 Å². The van der Waals surface area contributed by atoms with Crippen LogP contribution in [0.25, 0.3) is 10.9 Å². The third-order valence-corrected chi connectivity index (χ3v) is 5.40. The van der Waals surface area contributed by atoms with Crippen LogP contribution in [0.4, 0.5) is 0 Å². The number of carbonyl (C=O) groups is 1. The van der Waals surface area contributed by atoms with E-state index < -0.39 is 6.10 Å². The van der Waals surface area contributed by atoms with Gasteiger partial charge in [-0.2, -0.15) is 0 Å². The molecule has 0 saturated carbocycles. The van der Waals surface area contributed by atoms with Crippen LogP contribution in [0.15, 0.2) is 40.9 Å². The summed E-state index contributed by atoms with van der Waals surface area (Å²) in [6.07, 6.45) is 0.377. The van der Waals surface area contributed by atoms with Crippen LogP contribution in [-0.4, -0.2) is 45.2 Å². The number of aryl methyl sites for hydroxylation is 2. The second kappa shape index (κ2) is 7.12. The molecule has 0 aliphatic carbocycles. The molecule has 1 amide bonds. The molecule has 6 nitrogen and oxygen atoms in total. The Morgan fingerprint density at radius 3 is 2.81 bits per heavy atom. The monoisotopic (exact) mass is 365 g/mol. The molecule has 0 unspecified atom stereocenters. The minimum absolute atomic E-state index is 0.00239. The molecule has 2 aromatic heterocycles. The number of fused-ring (bicyclic) bond motifs is 1. The van der Waals surface area contributed by atoms with Gasteiger partial charge in [0.15, 0.2) is 0 Å². The van der Waals surface area contributed by atoms with Gasteiger partial charge in [-0.05, 0) is 32.4 Å². The Bertz CT molecular complexity index is 962. The number of nitrogens with zero attached hydrogens (tertiary/aromatic N) is 3. The van der Waals surface area contributed by atoms with Gasteiger partial charge in [-0.15, -0.1) is 0 Å². The number of aliphatic hydroxyl groups is 1. The summed E-state index contributed by atoms with van der Waals surface area (Å²) in [6, 6.07) is 12.0. The van der Waals surface area contributed by atoms with Crippen LogP contribution in [-0.2, 0) is 17.6 Å². The molecule has 6 heteroatoms. The predicted octanol–water partition coefficient (Wildman–Crippen LogP) is 2.44. The number of aliphatic hydroxyl groups excluding tert-OH is 1. The Hall–Kier alpha value is -2.73. The zero-order valence-electron chi connectivity index (χ0n) is 15.6. The number of carbonyl (C=O) groups excluding carboxylic acids is 1. The first-order valence-electron chi connectivity index (χ1n) is 9.23. The first-order valence-corrected chi connectivity index (χ1v) is 9.23. The standard InChI is InChI=1S/C21H23N3O3/c1-13-18(14(2)27-23-13)10-21(26)24-11-16(20(25)12-24)9-17-8-7-15-5-3-4-6-19(15)22-17/h3-8,16,20,25H,9-12H2,1-2H3/t16-,20-/m1/s1. The minimum Gasteiger partial charge on any atom is -0.391 e. The number of rotatable bonds is 4. The van der Waals surface area contributed by atoms with E-state index in [1.165, 1.54) is 0 Å². The molecule has 0 bridgehead atoms. The highest BCUT2D eigenvalue weighted by Gasteiger charge is 2.34. The summed E-state index contributed by atoms with van der Waals surface area (Å²) in [7, 11) is 0. The number of β-amino-alcohol motifs (C(OH)–C–C–N with tert-alkyl or cyclic N) is 1. The lowest BCUT2D eigenvalue weighted by Crippen LogP contribution is -2.31. The Labute approximate surface area is 157 Å². The van der Waals surface area contributed by atoms with E-state index in [0.717, 1.165) is 27.9 Å². The van der Waals surface area contributed by atoms with Gasteiger partial charge in [0, 0.05) is 35.7 Å². The van der Waals surface area contributed by atoms with Crippen LogP contribution in [0, 0.1) is 19.8 Å². The van der Waals surface area contributed by atoms with Crippen molar-refractivity contribution >= 4 is 16.8 Å². The minimum atomic E-state index is -0.535. The summed E-state index contributed by atoms with van der Waals surface area (Å²) < 4.78 is 5.14. The van der Waals surface area contributed by atoms with E-state index in [1.54, 1.807) is 4.90 Å². The maximum absolute atomic E-state index is 12.7. The average molecular weight is 365 g/mol. The van der Waals surface area contributed by atoms with Crippen molar-refractivity contribution < 1.29 is 14.4 Å². The van der Waals surface area contributed by atoms with Gasteiger partial charge in [0.05, 0.1) is 23.7 Å². The Morgan fingerprint density at radius 2 is 2.04 bits per heavy atom. The maximum Gasteiger partial charge on any atom is 0.227 e. The molecular weight excluding hydrogens is 342 g/mol. The Morgan fingerprint density at radius 1 is 1.22 bits per heavy atom. The average Bonchev–Trinajstić information content (AvgIpc) is 3.18. The summed E-state index contributed by atoms with van der Waals surface area (Å²) in [5.41, 5.74) is 3.48. The number of para-hydroxylation sites is 1. The van der Waals surface area contributed by atoms with Crippen LogP contribution in [0.3, 0.4) is 0 Å². The molecular formula is C21H23N3O3. The fourth-order valence-electron chi connectivity index (χ4n) is 3.77. The zero-order valence-corrected chi connectivity index (χ0v) is 15.6. The van der Waals surface area contributed by atoms with Gasteiger partial charge in [0.25, 0.3) is 0 Å². The molecule has 1 N–H and O–H groups in total. The number of hydrogen-bond acceptors (Lipinski definition) is 5. The Kier molecular flexibility index (Phi) is 4.66. The van der Waals surface area contributed by atoms with Crippen molar-refractivity contribution in [2.24, 2.45) is 5.92 Å². The summed E-state index contributed by atoms with van der Waals surface area (Å²) in [5.74, 6) is 0.669. The van der Waals surface area contributed by atoms with E-state index in [0.29, 0.717) is 25.3 Å². The summed E-state index contributed by atoms with van der Waals surface area (Å²) in [6.45, 7) is 4.56. The number of benzene rings is 1. The van der Waals surface area contributed by atoms with Crippen LogP contribution in [0.2, 0.25) is 0 Å². The van der Waals surface area contributed by atoms with Crippen molar-refractivity contribution in [2.45, 2.75) is 32.8 Å². The lowest BCUT2D eigenvalue weighted by Gasteiger charge is -2.16. The first-order chi connectivity index (χ1) is 13.0. The molecule has 1 aromatic carbocycles. The van der Waals surface area contributed by atoms with Crippen LogP contribution in [0.1, 0.15) is 22.7 Å². The second-order valence-electron chi connectivity index (χ2n) is 7.31. The van der Waals surface area contributed by atoms with Gasteiger partial charge in [0.2, 0.25) is 5.91 Å². The highest BCUT2D eigenvalue weighted by Crippen LogP contribution is 2.24. The van der Waals surface area contributed by atoms with Gasteiger partial charge in [0.1, 0.15) is 5.76 Å². The van der Waals surface area contributed by atoms with Crippen molar-refractivity contribution in [1.82, 2.24) is 15.0 Å². The normalized spacial score (nSPS) is 19.7. The van der Waals surface area contributed by atoms with Gasteiger partial charge in [-0.1, -0.05) is 29.4 Å². The molecule has 4 rings (SSSR count). The van der Waals surface area contributed by atoms with Gasteiger partial charge >= 0.3 is 0 Å². The Balaban J connectivity index is 1.43. The number of likely N-dealkylation sites (tertiary alicyclic amines) is 1. The summed E-state index contributed by atoms with van der Waals surface area (Å²) in [5, 5.41) is 15.5. The van der Waals surface area contributed by atoms with E-state index in [4.69, 9.17) is 9.51 Å². The van der Waals surface area contributed by atoms with E-state index in [2.05, 4.69) is 11.2 Å².